The quantitative estimate of drug-likeness (QED) is 0.686. The second-order valence-electron chi connectivity index (χ2n) is 6.93. The first kappa shape index (κ1) is 18.2. The van der Waals surface area contributed by atoms with Crippen LogP contribution in [0.25, 0.3) is 11.1 Å². The molecule has 0 saturated carbocycles. The van der Waals surface area contributed by atoms with Crippen LogP contribution in [0.5, 0.6) is 0 Å². The maximum atomic E-state index is 14.7. The van der Waals surface area contributed by atoms with E-state index < -0.39 is 0 Å². The summed E-state index contributed by atoms with van der Waals surface area (Å²) < 4.78 is 20.2. The minimum atomic E-state index is -0.245. The van der Waals surface area contributed by atoms with Gasteiger partial charge in [0, 0.05) is 30.6 Å². The predicted octanol–water partition coefficient (Wildman–Crippen LogP) is 4.78. The third kappa shape index (κ3) is 4.06. The van der Waals surface area contributed by atoms with E-state index in [1.54, 1.807) is 6.07 Å². The number of benzene rings is 2. The van der Waals surface area contributed by atoms with E-state index in [1.807, 2.05) is 55.5 Å². The highest BCUT2D eigenvalue weighted by Gasteiger charge is 2.17. The summed E-state index contributed by atoms with van der Waals surface area (Å²) >= 11 is 0. The molecule has 1 atom stereocenters. The highest BCUT2D eigenvalue weighted by molar-refractivity contribution is 5.92. The molecule has 2 heterocycles. The van der Waals surface area contributed by atoms with Crippen molar-refractivity contribution in [3.05, 3.63) is 71.7 Å². The summed E-state index contributed by atoms with van der Waals surface area (Å²) in [5.74, 6) is 1.61. The zero-order valence-electron chi connectivity index (χ0n) is 15.8. The Balaban J connectivity index is 1.50. The molecule has 1 aliphatic heterocycles. The Kier molecular flexibility index (Phi) is 5.37. The van der Waals surface area contributed by atoms with Crippen LogP contribution in [0.4, 0.5) is 10.2 Å². The first-order valence-corrected chi connectivity index (χ1v) is 9.57. The van der Waals surface area contributed by atoms with Gasteiger partial charge in [0.05, 0.1) is 0 Å². The Bertz CT molecular complexity index is 968. The Hall–Kier alpha value is -3.15. The number of nitrogens with one attached hydrogen (secondary N) is 2. The molecule has 1 aliphatic rings. The van der Waals surface area contributed by atoms with E-state index in [0.717, 1.165) is 37.1 Å². The smallest absolute Gasteiger partial charge is 0.197 e. The molecule has 144 valence electrons. The van der Waals surface area contributed by atoms with Crippen LogP contribution in [-0.4, -0.2) is 24.2 Å². The standard InChI is InChI=1S/C22H23FN4O/c1-15(17-9-10-18(19(23)13-17)16-7-3-2-4-8-16)20-14-21(27-28-20)26-22-24-11-5-6-12-25-22/h2-4,7-10,13-15H,5-6,11-12H2,1H3,(H2,24,25,26,27). The lowest BCUT2D eigenvalue weighted by Gasteiger charge is -2.11. The monoisotopic (exact) mass is 378 g/mol. The number of aromatic nitrogens is 1. The van der Waals surface area contributed by atoms with Crippen molar-refractivity contribution in [1.82, 2.24) is 10.5 Å². The lowest BCUT2D eigenvalue weighted by Crippen LogP contribution is -2.30. The van der Waals surface area contributed by atoms with Crippen LogP contribution < -0.4 is 10.6 Å². The normalized spacial score (nSPS) is 15.3. The summed E-state index contributed by atoms with van der Waals surface area (Å²) in [4.78, 5) is 4.44. The van der Waals surface area contributed by atoms with Crippen molar-refractivity contribution in [3.63, 3.8) is 0 Å². The van der Waals surface area contributed by atoms with Gasteiger partial charge < -0.3 is 15.2 Å². The van der Waals surface area contributed by atoms with Crippen molar-refractivity contribution in [2.24, 2.45) is 4.99 Å². The molecule has 5 nitrogen and oxygen atoms in total. The minimum Gasteiger partial charge on any atom is -0.359 e. The minimum absolute atomic E-state index is 0.119. The summed E-state index contributed by atoms with van der Waals surface area (Å²) in [7, 11) is 0. The van der Waals surface area contributed by atoms with Crippen molar-refractivity contribution in [2.45, 2.75) is 25.7 Å². The van der Waals surface area contributed by atoms with Gasteiger partial charge in [-0.3, -0.25) is 4.99 Å². The van der Waals surface area contributed by atoms with E-state index >= 15 is 0 Å². The number of anilines is 1. The second kappa shape index (κ2) is 8.25. The fourth-order valence-electron chi connectivity index (χ4n) is 3.26. The molecule has 0 radical (unpaired) electrons. The van der Waals surface area contributed by atoms with Crippen LogP contribution in [0.1, 0.15) is 37.0 Å². The average molecular weight is 378 g/mol. The van der Waals surface area contributed by atoms with Crippen molar-refractivity contribution in [3.8, 4) is 11.1 Å². The predicted molar refractivity (Wildman–Crippen MR) is 109 cm³/mol. The molecule has 2 aromatic carbocycles. The lowest BCUT2D eigenvalue weighted by atomic mass is 9.95. The fraction of sp³-hybridized carbons (Fsp3) is 0.273. The number of halogens is 1. The van der Waals surface area contributed by atoms with Gasteiger partial charge in [-0.2, -0.15) is 0 Å². The molecule has 0 bridgehead atoms. The molecule has 6 heteroatoms. The highest BCUT2D eigenvalue weighted by Crippen LogP contribution is 2.30. The number of hydrogen-bond acceptors (Lipinski definition) is 5. The molecule has 3 aromatic rings. The first-order valence-electron chi connectivity index (χ1n) is 9.57. The van der Waals surface area contributed by atoms with E-state index in [9.17, 15) is 4.39 Å². The molecular weight excluding hydrogens is 355 g/mol. The molecule has 0 aliphatic carbocycles. The maximum Gasteiger partial charge on any atom is 0.197 e. The Morgan fingerprint density at radius 1 is 1.11 bits per heavy atom. The van der Waals surface area contributed by atoms with Crippen molar-refractivity contribution < 1.29 is 8.91 Å². The van der Waals surface area contributed by atoms with Gasteiger partial charge in [-0.25, -0.2) is 4.39 Å². The van der Waals surface area contributed by atoms with Gasteiger partial charge in [-0.05, 0) is 30.0 Å². The van der Waals surface area contributed by atoms with Gasteiger partial charge in [-0.15, -0.1) is 0 Å². The Morgan fingerprint density at radius 2 is 1.96 bits per heavy atom. The topological polar surface area (TPSA) is 62.5 Å². The van der Waals surface area contributed by atoms with Crippen LogP contribution in [0.3, 0.4) is 0 Å². The number of aliphatic imine (C=N–C) groups is 1. The van der Waals surface area contributed by atoms with E-state index in [1.165, 1.54) is 0 Å². The Morgan fingerprint density at radius 3 is 2.79 bits per heavy atom. The molecule has 0 fully saturated rings. The molecule has 1 aromatic heterocycles. The van der Waals surface area contributed by atoms with Crippen molar-refractivity contribution >= 4 is 11.8 Å². The molecule has 0 saturated heterocycles. The molecule has 0 amide bonds. The molecule has 2 N–H and O–H groups in total. The van der Waals surface area contributed by atoms with Crippen LogP contribution >= 0.6 is 0 Å². The van der Waals surface area contributed by atoms with Gasteiger partial charge in [0.1, 0.15) is 11.6 Å². The van der Waals surface area contributed by atoms with E-state index in [4.69, 9.17) is 4.52 Å². The van der Waals surface area contributed by atoms with Crippen LogP contribution in [0.15, 0.2) is 64.1 Å². The third-order valence-electron chi connectivity index (χ3n) is 4.93. The van der Waals surface area contributed by atoms with Crippen LogP contribution in [0.2, 0.25) is 0 Å². The Labute approximate surface area is 163 Å². The summed E-state index contributed by atoms with van der Waals surface area (Å²) in [6.45, 7) is 3.66. The summed E-state index contributed by atoms with van der Waals surface area (Å²) in [6.07, 6.45) is 2.17. The highest BCUT2D eigenvalue weighted by atomic mass is 19.1. The van der Waals surface area contributed by atoms with Gasteiger partial charge in [0.15, 0.2) is 11.8 Å². The SMILES string of the molecule is CC(c1ccc(-c2ccccc2)c(F)c1)c1cc(NC2=NCCCCN2)no1. The largest absolute Gasteiger partial charge is 0.359 e. The molecule has 1 unspecified atom stereocenters. The zero-order valence-corrected chi connectivity index (χ0v) is 15.8. The average Bonchev–Trinajstić information content (AvgIpc) is 3.03. The molecule has 28 heavy (non-hydrogen) atoms. The van der Waals surface area contributed by atoms with Gasteiger partial charge in [0.2, 0.25) is 0 Å². The van der Waals surface area contributed by atoms with E-state index in [0.29, 0.717) is 23.1 Å². The van der Waals surface area contributed by atoms with Gasteiger partial charge >= 0.3 is 0 Å². The zero-order chi connectivity index (χ0) is 19.3. The van der Waals surface area contributed by atoms with E-state index in [-0.39, 0.29) is 11.7 Å². The molecule has 0 spiro atoms. The van der Waals surface area contributed by atoms with Gasteiger partial charge in [-0.1, -0.05) is 54.5 Å². The third-order valence-corrected chi connectivity index (χ3v) is 4.93. The van der Waals surface area contributed by atoms with Crippen LogP contribution in [-0.2, 0) is 0 Å². The molecular formula is C22H23FN4O. The second-order valence-corrected chi connectivity index (χ2v) is 6.93. The van der Waals surface area contributed by atoms with Gasteiger partial charge in [0.25, 0.3) is 0 Å². The number of hydrogen-bond donors (Lipinski definition) is 2. The summed E-state index contributed by atoms with van der Waals surface area (Å²) in [6, 6.07) is 16.7. The number of guanidine groups is 1. The van der Waals surface area contributed by atoms with E-state index in [2.05, 4.69) is 20.8 Å². The first-order chi connectivity index (χ1) is 13.7. The van der Waals surface area contributed by atoms with Crippen molar-refractivity contribution in [1.29, 1.82) is 0 Å². The fourth-order valence-corrected chi connectivity index (χ4v) is 3.26. The number of nitrogens with zero attached hydrogens (tertiary/aromatic N) is 2. The summed E-state index contributed by atoms with van der Waals surface area (Å²) in [5, 5.41) is 10.5. The number of rotatable bonds is 4. The summed E-state index contributed by atoms with van der Waals surface area (Å²) in [5.41, 5.74) is 2.29. The maximum absolute atomic E-state index is 14.7. The van der Waals surface area contributed by atoms with Crippen molar-refractivity contribution in [2.75, 3.05) is 18.4 Å². The lowest BCUT2D eigenvalue weighted by molar-refractivity contribution is 0.378. The molecule has 4 rings (SSSR count). The van der Waals surface area contributed by atoms with Crippen LogP contribution in [0, 0.1) is 5.82 Å².